The van der Waals surface area contributed by atoms with Gasteiger partial charge in [-0.2, -0.15) is 0 Å². The van der Waals surface area contributed by atoms with Crippen LogP contribution in [0.5, 0.6) is 0 Å². The van der Waals surface area contributed by atoms with E-state index in [1.54, 1.807) is 42.0 Å². The summed E-state index contributed by atoms with van der Waals surface area (Å²) in [4.78, 5) is 43.8. The van der Waals surface area contributed by atoms with E-state index in [-0.39, 0.29) is 11.8 Å². The summed E-state index contributed by atoms with van der Waals surface area (Å²) in [6, 6.07) is 20.4. The summed E-state index contributed by atoms with van der Waals surface area (Å²) >= 11 is 3.21. The Morgan fingerprint density at radius 3 is 2.46 bits per heavy atom. The molecule has 0 saturated heterocycles. The minimum Gasteiger partial charge on any atom is -0.342 e. The van der Waals surface area contributed by atoms with Crippen LogP contribution >= 0.6 is 22.7 Å². The molecule has 0 saturated carbocycles. The molecule has 2 amide bonds. The number of carbonyl (C=O) groups is 2. The Kier molecular flexibility index (Phi) is 7.01. The van der Waals surface area contributed by atoms with Gasteiger partial charge in [-0.3, -0.25) is 14.6 Å². The Morgan fingerprint density at radius 2 is 1.61 bits per heavy atom. The molecule has 46 heavy (non-hydrogen) atoms. The van der Waals surface area contributed by atoms with Crippen molar-refractivity contribution in [2.24, 2.45) is 0 Å². The standard InChI is InChI=1S/C35H27N7O2S2/c1-18(43)38-27-15-23(25-16-36-13-11-21(25)31(27)35-41-26-7-3-4-8-29(26)45-35)22-6-5-9-30-32(22)42-34(46-30)24-14-20-10-12-37-17-28(20)40-33(24)39-19(2)44/h3-10,12,14-15,17,36H,11,13,16H2,1-2H3,(H,38,43)(H,39,40,44)/p+1. The van der Waals surface area contributed by atoms with Crippen LogP contribution in [0.1, 0.15) is 25.0 Å². The van der Waals surface area contributed by atoms with Gasteiger partial charge in [0.1, 0.15) is 22.4 Å². The maximum atomic E-state index is 12.6. The molecule has 0 unspecified atom stereocenters. The van der Waals surface area contributed by atoms with Crippen molar-refractivity contribution in [3.63, 3.8) is 0 Å². The number of carbonyl (C=O) groups excluding carboxylic acids is 2. The fourth-order valence-electron chi connectivity index (χ4n) is 6.26. The van der Waals surface area contributed by atoms with Gasteiger partial charge in [-0.25, -0.2) is 15.0 Å². The first-order valence-corrected chi connectivity index (χ1v) is 16.6. The lowest BCUT2D eigenvalue weighted by atomic mass is 9.87. The normalized spacial score (nSPS) is 12.8. The molecule has 226 valence electrons. The van der Waals surface area contributed by atoms with Gasteiger partial charge >= 0.3 is 0 Å². The van der Waals surface area contributed by atoms with Crippen LogP contribution in [0.3, 0.4) is 0 Å². The van der Waals surface area contributed by atoms with Crippen molar-refractivity contribution in [2.45, 2.75) is 26.8 Å². The first-order chi connectivity index (χ1) is 22.4. The van der Waals surface area contributed by atoms with E-state index in [1.165, 1.54) is 18.1 Å². The molecule has 11 heteroatoms. The minimum atomic E-state index is -0.208. The summed E-state index contributed by atoms with van der Waals surface area (Å²) in [6.07, 6.45) is 4.27. The van der Waals surface area contributed by atoms with Crippen LogP contribution in [0.15, 0.2) is 73.1 Å². The van der Waals surface area contributed by atoms with Gasteiger partial charge < -0.3 is 16.0 Å². The highest BCUT2D eigenvalue weighted by atomic mass is 32.1. The second kappa shape index (κ2) is 11.4. The highest BCUT2D eigenvalue weighted by molar-refractivity contribution is 7.22. The van der Waals surface area contributed by atoms with Crippen molar-refractivity contribution in [1.29, 1.82) is 0 Å². The molecule has 0 atom stereocenters. The second-order valence-electron chi connectivity index (χ2n) is 11.3. The average Bonchev–Trinajstić information content (AvgIpc) is 3.68. The van der Waals surface area contributed by atoms with Gasteiger partial charge in [0.25, 0.3) is 0 Å². The molecule has 1 aliphatic heterocycles. The van der Waals surface area contributed by atoms with Gasteiger partial charge in [-0.05, 0) is 47.5 Å². The van der Waals surface area contributed by atoms with Crippen LogP contribution in [0, 0.1) is 0 Å². The molecule has 1 aliphatic rings. The van der Waals surface area contributed by atoms with Crippen molar-refractivity contribution < 1.29 is 14.9 Å². The number of nitrogens with two attached hydrogens (primary N) is 1. The number of rotatable bonds is 5. The molecular formula is C35H28N7O2S2+. The number of pyridine rings is 2. The van der Waals surface area contributed by atoms with E-state index in [2.05, 4.69) is 51.3 Å². The summed E-state index contributed by atoms with van der Waals surface area (Å²) in [7, 11) is 0. The van der Waals surface area contributed by atoms with Crippen molar-refractivity contribution in [2.75, 3.05) is 17.2 Å². The molecule has 0 spiro atoms. The molecule has 3 aromatic carbocycles. The van der Waals surface area contributed by atoms with E-state index < -0.39 is 0 Å². The Balaban J connectivity index is 1.34. The molecule has 5 heterocycles. The number of benzene rings is 3. The Morgan fingerprint density at radius 1 is 0.783 bits per heavy atom. The van der Waals surface area contributed by atoms with Crippen LogP contribution in [-0.4, -0.2) is 38.3 Å². The molecule has 8 rings (SSSR count). The number of aromatic nitrogens is 4. The lowest BCUT2D eigenvalue weighted by molar-refractivity contribution is -0.673. The zero-order valence-corrected chi connectivity index (χ0v) is 26.7. The largest absolute Gasteiger partial charge is 0.342 e. The third-order valence-corrected chi connectivity index (χ3v) is 10.3. The lowest BCUT2D eigenvalue weighted by Crippen LogP contribution is -2.84. The van der Waals surface area contributed by atoms with Gasteiger partial charge in [-0.1, -0.05) is 24.3 Å². The van der Waals surface area contributed by atoms with Gasteiger partial charge in [0.15, 0.2) is 0 Å². The smallest absolute Gasteiger partial charge is 0.222 e. The van der Waals surface area contributed by atoms with Crippen LogP contribution in [0.2, 0.25) is 0 Å². The third kappa shape index (κ3) is 4.98. The molecule has 9 nitrogen and oxygen atoms in total. The number of quaternary nitrogens is 1. The van der Waals surface area contributed by atoms with Gasteiger partial charge in [-0.15, -0.1) is 22.7 Å². The number of para-hydroxylation sites is 2. The third-order valence-electron chi connectivity index (χ3n) is 8.17. The van der Waals surface area contributed by atoms with Crippen molar-refractivity contribution in [1.82, 2.24) is 19.9 Å². The topological polar surface area (TPSA) is 126 Å². The Hall–Kier alpha value is -5.10. The van der Waals surface area contributed by atoms with E-state index in [0.717, 1.165) is 83.3 Å². The second-order valence-corrected chi connectivity index (χ2v) is 13.4. The monoisotopic (exact) mass is 642 g/mol. The molecule has 0 radical (unpaired) electrons. The number of amides is 2. The molecular weight excluding hydrogens is 615 g/mol. The molecule has 4 aromatic heterocycles. The molecule has 7 aromatic rings. The van der Waals surface area contributed by atoms with Crippen LogP contribution in [0.4, 0.5) is 11.5 Å². The summed E-state index contributed by atoms with van der Waals surface area (Å²) in [5, 5.41) is 10.9. The van der Waals surface area contributed by atoms with E-state index >= 15 is 0 Å². The number of anilines is 2. The van der Waals surface area contributed by atoms with E-state index in [0.29, 0.717) is 11.3 Å². The number of thiazole rings is 2. The first-order valence-electron chi connectivity index (χ1n) is 15.0. The highest BCUT2D eigenvalue weighted by Gasteiger charge is 2.27. The summed E-state index contributed by atoms with van der Waals surface area (Å²) in [5.74, 6) is 0.114. The number of hydrogen-bond acceptors (Lipinski definition) is 8. The number of hydrogen-bond donors (Lipinski definition) is 3. The van der Waals surface area contributed by atoms with E-state index in [4.69, 9.17) is 15.0 Å². The summed E-state index contributed by atoms with van der Waals surface area (Å²) in [5.41, 5.74) is 9.52. The minimum absolute atomic E-state index is 0.130. The number of nitrogens with one attached hydrogen (secondary N) is 2. The van der Waals surface area contributed by atoms with E-state index in [9.17, 15) is 9.59 Å². The maximum absolute atomic E-state index is 12.6. The van der Waals surface area contributed by atoms with Gasteiger partial charge in [0.2, 0.25) is 11.8 Å². The summed E-state index contributed by atoms with van der Waals surface area (Å²) < 4.78 is 2.13. The predicted octanol–water partition coefficient (Wildman–Crippen LogP) is 6.39. The molecule has 0 fully saturated rings. The van der Waals surface area contributed by atoms with Crippen molar-refractivity contribution >= 4 is 77.3 Å². The van der Waals surface area contributed by atoms with Gasteiger partial charge in [0, 0.05) is 48.5 Å². The highest BCUT2D eigenvalue weighted by Crippen LogP contribution is 2.45. The SMILES string of the molecule is CC(=O)Nc1cc(-c2cccc3sc(-c4cc5ccncc5nc4NC(C)=O)nc23)c2c(c1-c1nc3ccccc3s1)CC[NH2+]C2. The van der Waals surface area contributed by atoms with E-state index in [1.807, 2.05) is 30.3 Å². The van der Waals surface area contributed by atoms with Crippen LogP contribution in [0.25, 0.3) is 63.6 Å². The molecule has 4 N–H and O–H groups in total. The fraction of sp³-hybridized carbons (Fsp3) is 0.143. The molecule has 0 aliphatic carbocycles. The fourth-order valence-corrected chi connectivity index (χ4v) is 8.32. The predicted molar refractivity (Wildman–Crippen MR) is 185 cm³/mol. The van der Waals surface area contributed by atoms with Gasteiger partial charge in [0.05, 0.1) is 49.9 Å². The number of fused-ring (bicyclic) bond motifs is 4. The summed E-state index contributed by atoms with van der Waals surface area (Å²) in [6.45, 7) is 4.78. The number of nitrogens with zero attached hydrogens (tertiary/aromatic N) is 4. The Labute approximate surface area is 271 Å². The quantitative estimate of drug-likeness (QED) is 0.200. The van der Waals surface area contributed by atoms with Crippen molar-refractivity contribution in [3.05, 3.63) is 84.2 Å². The van der Waals surface area contributed by atoms with Crippen LogP contribution in [-0.2, 0) is 22.6 Å². The lowest BCUT2D eigenvalue weighted by Gasteiger charge is -2.24. The zero-order chi connectivity index (χ0) is 31.4. The molecule has 0 bridgehead atoms. The average molecular weight is 643 g/mol. The van der Waals surface area contributed by atoms with Crippen molar-refractivity contribution in [3.8, 4) is 32.3 Å². The maximum Gasteiger partial charge on any atom is 0.222 e. The Bertz CT molecular complexity index is 2330. The zero-order valence-electron chi connectivity index (χ0n) is 25.0. The van der Waals surface area contributed by atoms with Crippen LogP contribution < -0.4 is 16.0 Å². The first kappa shape index (κ1) is 28.4.